The molecule has 0 aromatic heterocycles. The third-order valence-electron chi connectivity index (χ3n) is 2.88. The lowest BCUT2D eigenvalue weighted by atomic mass is 10.2. The van der Waals surface area contributed by atoms with E-state index in [1.165, 1.54) is 0 Å². The van der Waals surface area contributed by atoms with Gasteiger partial charge in [-0.2, -0.15) is 0 Å². The largest absolute Gasteiger partial charge is 0.454 e. The summed E-state index contributed by atoms with van der Waals surface area (Å²) in [6.45, 7) is 0.188. The first-order chi connectivity index (χ1) is 9.28. The summed E-state index contributed by atoms with van der Waals surface area (Å²) in [5.74, 6) is 1.30. The number of fused-ring (bicyclic) bond motifs is 1. The Balaban J connectivity index is 1.90. The highest BCUT2D eigenvalue weighted by atomic mass is 32.2. The quantitative estimate of drug-likeness (QED) is 0.932. The minimum absolute atomic E-state index is 0.0169. The number of aliphatic hydroxyl groups is 1. The van der Waals surface area contributed by atoms with E-state index in [0.29, 0.717) is 21.3 Å². The summed E-state index contributed by atoms with van der Waals surface area (Å²) in [4.78, 5) is 1.36. The van der Waals surface area contributed by atoms with Crippen molar-refractivity contribution in [1.82, 2.24) is 0 Å². The van der Waals surface area contributed by atoms with Crippen LogP contribution in [0.5, 0.6) is 11.5 Å². The molecule has 1 heterocycles. The van der Waals surface area contributed by atoms with Gasteiger partial charge in [0.2, 0.25) is 6.79 Å². The highest BCUT2D eigenvalue weighted by molar-refractivity contribution is 7.85. The number of aliphatic hydroxyl groups excluding tert-OH is 1. The second-order valence-corrected chi connectivity index (χ2v) is 5.57. The van der Waals surface area contributed by atoms with Crippen LogP contribution >= 0.6 is 0 Å². The highest BCUT2D eigenvalue weighted by Gasteiger charge is 2.16. The molecule has 0 bridgehead atoms. The van der Waals surface area contributed by atoms with E-state index in [0.717, 1.165) is 5.56 Å². The molecule has 0 spiro atoms. The average molecular weight is 276 g/mol. The van der Waals surface area contributed by atoms with E-state index in [1.54, 1.807) is 42.5 Å². The Morgan fingerprint density at radius 2 is 1.68 bits per heavy atom. The molecule has 0 saturated heterocycles. The lowest BCUT2D eigenvalue weighted by Crippen LogP contribution is -1.94. The van der Waals surface area contributed by atoms with Gasteiger partial charge in [-0.15, -0.1) is 0 Å². The van der Waals surface area contributed by atoms with Crippen molar-refractivity contribution in [3.63, 3.8) is 0 Å². The van der Waals surface area contributed by atoms with Crippen molar-refractivity contribution in [3.05, 3.63) is 48.0 Å². The predicted molar refractivity (Wildman–Crippen MR) is 69.6 cm³/mol. The zero-order valence-electron chi connectivity index (χ0n) is 10.0. The van der Waals surface area contributed by atoms with E-state index in [4.69, 9.17) is 14.6 Å². The van der Waals surface area contributed by atoms with Gasteiger partial charge in [-0.05, 0) is 29.8 Å². The molecule has 1 aliphatic heterocycles. The van der Waals surface area contributed by atoms with E-state index in [2.05, 4.69) is 0 Å². The van der Waals surface area contributed by atoms with Gasteiger partial charge < -0.3 is 14.6 Å². The minimum Gasteiger partial charge on any atom is -0.454 e. The number of hydrogen-bond donors (Lipinski definition) is 1. The molecule has 1 aliphatic rings. The van der Waals surface area contributed by atoms with Gasteiger partial charge in [-0.25, -0.2) is 4.21 Å². The van der Waals surface area contributed by atoms with Crippen molar-refractivity contribution in [1.29, 1.82) is 0 Å². The van der Waals surface area contributed by atoms with Crippen molar-refractivity contribution < 1.29 is 18.8 Å². The van der Waals surface area contributed by atoms with Crippen molar-refractivity contribution in [3.8, 4) is 11.5 Å². The predicted octanol–water partition coefficient (Wildman–Crippen LogP) is 2.07. The van der Waals surface area contributed by atoms with Crippen LogP contribution in [0.4, 0.5) is 0 Å². The zero-order chi connectivity index (χ0) is 13.2. The number of benzene rings is 2. The molecule has 19 heavy (non-hydrogen) atoms. The maximum absolute atomic E-state index is 12.4. The third-order valence-corrected chi connectivity index (χ3v) is 4.26. The van der Waals surface area contributed by atoms with Crippen molar-refractivity contribution in [2.24, 2.45) is 0 Å². The minimum atomic E-state index is -1.27. The lowest BCUT2D eigenvalue weighted by Gasteiger charge is -2.04. The van der Waals surface area contributed by atoms with E-state index in [-0.39, 0.29) is 13.4 Å². The van der Waals surface area contributed by atoms with Gasteiger partial charge in [-0.3, -0.25) is 0 Å². The van der Waals surface area contributed by atoms with Gasteiger partial charge in [0.25, 0.3) is 0 Å². The Morgan fingerprint density at radius 1 is 1.00 bits per heavy atom. The molecule has 98 valence electrons. The number of hydrogen-bond acceptors (Lipinski definition) is 4. The van der Waals surface area contributed by atoms with Gasteiger partial charge in [0.1, 0.15) is 0 Å². The van der Waals surface area contributed by atoms with Crippen LogP contribution in [0.25, 0.3) is 0 Å². The number of ether oxygens (including phenoxy) is 2. The van der Waals surface area contributed by atoms with Crippen LogP contribution in [0.15, 0.2) is 52.3 Å². The summed E-state index contributed by atoms with van der Waals surface area (Å²) in [7, 11) is -1.27. The first-order valence-electron chi connectivity index (χ1n) is 5.79. The Morgan fingerprint density at radius 3 is 2.42 bits per heavy atom. The topological polar surface area (TPSA) is 55.8 Å². The molecule has 0 radical (unpaired) electrons. The molecule has 2 aromatic rings. The molecular formula is C14H12O4S. The second-order valence-electron chi connectivity index (χ2n) is 4.09. The molecule has 3 rings (SSSR count). The molecule has 0 fully saturated rings. The van der Waals surface area contributed by atoms with Gasteiger partial charge in [-0.1, -0.05) is 12.1 Å². The first-order valence-corrected chi connectivity index (χ1v) is 6.94. The van der Waals surface area contributed by atoms with Crippen molar-refractivity contribution in [2.45, 2.75) is 16.4 Å². The van der Waals surface area contributed by atoms with Crippen LogP contribution in [0, 0.1) is 0 Å². The molecule has 1 atom stereocenters. The highest BCUT2D eigenvalue weighted by Crippen LogP contribution is 2.34. The molecule has 1 N–H and O–H groups in total. The van der Waals surface area contributed by atoms with Crippen LogP contribution in [0.3, 0.4) is 0 Å². The smallest absolute Gasteiger partial charge is 0.231 e. The maximum Gasteiger partial charge on any atom is 0.231 e. The average Bonchev–Trinajstić information content (AvgIpc) is 2.94. The molecule has 0 amide bonds. The van der Waals surface area contributed by atoms with Crippen LogP contribution < -0.4 is 9.47 Å². The fourth-order valence-electron chi connectivity index (χ4n) is 1.85. The summed E-state index contributed by atoms with van der Waals surface area (Å²) in [6, 6.07) is 12.3. The van der Waals surface area contributed by atoms with E-state index in [9.17, 15) is 4.21 Å². The molecule has 2 aromatic carbocycles. The van der Waals surface area contributed by atoms with E-state index < -0.39 is 10.8 Å². The molecule has 5 heteroatoms. The zero-order valence-corrected chi connectivity index (χ0v) is 10.9. The van der Waals surface area contributed by atoms with Crippen molar-refractivity contribution in [2.75, 3.05) is 6.79 Å². The molecule has 0 saturated carbocycles. The molecule has 4 nitrogen and oxygen atoms in total. The molecule has 0 aliphatic carbocycles. The van der Waals surface area contributed by atoms with Crippen LogP contribution in [0.2, 0.25) is 0 Å². The maximum atomic E-state index is 12.4. The fraction of sp³-hybridized carbons (Fsp3) is 0.143. The third kappa shape index (κ3) is 2.34. The van der Waals surface area contributed by atoms with E-state index in [1.807, 2.05) is 0 Å². The normalized spacial score (nSPS) is 14.4. The number of rotatable bonds is 3. The Labute approximate surface area is 113 Å². The summed E-state index contributed by atoms with van der Waals surface area (Å²) < 4.78 is 22.9. The Kier molecular flexibility index (Phi) is 3.23. The van der Waals surface area contributed by atoms with Crippen molar-refractivity contribution >= 4 is 10.8 Å². The summed E-state index contributed by atoms with van der Waals surface area (Å²) in [5.41, 5.74) is 0.798. The molecular weight excluding hydrogens is 264 g/mol. The van der Waals surface area contributed by atoms with Gasteiger partial charge in [0.15, 0.2) is 11.5 Å². The monoisotopic (exact) mass is 276 g/mol. The standard InChI is InChI=1S/C14H12O4S/c15-8-10-1-3-11(4-2-10)19(16)12-5-6-13-14(7-12)18-9-17-13/h1-7,15H,8-9H2. The van der Waals surface area contributed by atoms with Crippen LogP contribution in [-0.4, -0.2) is 16.1 Å². The second kappa shape index (κ2) is 5.03. The fourth-order valence-corrected chi connectivity index (χ4v) is 2.91. The van der Waals surface area contributed by atoms with Gasteiger partial charge in [0.05, 0.1) is 17.4 Å². The summed E-state index contributed by atoms with van der Waals surface area (Å²) in [6.07, 6.45) is 0. The Bertz CT molecular complexity index is 622. The Hall–Kier alpha value is -1.85. The SMILES string of the molecule is O=S(c1ccc(CO)cc1)c1ccc2c(c1)OCO2. The van der Waals surface area contributed by atoms with Crippen LogP contribution in [-0.2, 0) is 17.4 Å². The first kappa shape index (κ1) is 12.2. The molecule has 1 unspecified atom stereocenters. The van der Waals surface area contributed by atoms with E-state index >= 15 is 0 Å². The van der Waals surface area contributed by atoms with Gasteiger partial charge in [0, 0.05) is 15.9 Å². The van der Waals surface area contributed by atoms with Gasteiger partial charge >= 0.3 is 0 Å². The summed E-state index contributed by atoms with van der Waals surface area (Å²) >= 11 is 0. The van der Waals surface area contributed by atoms with Crippen LogP contribution in [0.1, 0.15) is 5.56 Å². The lowest BCUT2D eigenvalue weighted by molar-refractivity contribution is 0.174. The summed E-state index contributed by atoms with van der Waals surface area (Å²) in [5, 5.41) is 8.98.